The molecule has 1 rings (SSSR count). The van der Waals surface area contributed by atoms with Crippen molar-refractivity contribution in [2.75, 3.05) is 7.11 Å². The number of methoxy groups -OCH3 is 1. The molecule has 0 amide bonds. The van der Waals surface area contributed by atoms with E-state index in [0.717, 1.165) is 5.56 Å². The van der Waals surface area contributed by atoms with Gasteiger partial charge in [0.05, 0.1) is 7.11 Å². The zero-order valence-electron chi connectivity index (χ0n) is 9.23. The van der Waals surface area contributed by atoms with Gasteiger partial charge < -0.3 is 9.84 Å². The summed E-state index contributed by atoms with van der Waals surface area (Å²) in [6.07, 6.45) is 2.94. The number of ether oxygens (including phenoxy) is 1. The van der Waals surface area contributed by atoms with Crippen LogP contribution in [0.25, 0.3) is 6.08 Å². The molecule has 0 unspecified atom stereocenters. The smallest absolute Gasteiger partial charge is 0.330 e. The molecule has 1 aromatic rings. The second-order valence-electron chi connectivity index (χ2n) is 2.45. The van der Waals surface area contributed by atoms with Gasteiger partial charge in [0.1, 0.15) is 5.75 Å². The average Bonchev–Trinajstić information content (AvgIpc) is 2.30. The number of esters is 1. The van der Waals surface area contributed by atoms with Crippen molar-refractivity contribution in [2.24, 2.45) is 0 Å². The molecule has 0 bridgehead atoms. The van der Waals surface area contributed by atoms with Crippen LogP contribution >= 0.6 is 0 Å². The quantitative estimate of drug-likeness (QED) is 0.600. The third kappa shape index (κ3) is 5.52. The predicted molar refractivity (Wildman–Crippen MR) is 60.5 cm³/mol. The van der Waals surface area contributed by atoms with Crippen molar-refractivity contribution < 1.29 is 14.6 Å². The molecule has 1 N–H and O–H groups in total. The summed E-state index contributed by atoms with van der Waals surface area (Å²) in [5, 5.41) is 8.96. The summed E-state index contributed by atoms with van der Waals surface area (Å²) in [6.45, 7) is 4.00. The Balaban J connectivity index is 0.000000921. The molecule has 3 nitrogen and oxygen atoms in total. The first-order valence-corrected chi connectivity index (χ1v) is 4.77. The van der Waals surface area contributed by atoms with Crippen LogP contribution in [0.4, 0.5) is 0 Å². The lowest BCUT2D eigenvalue weighted by Crippen LogP contribution is -1.92. The molecule has 15 heavy (non-hydrogen) atoms. The van der Waals surface area contributed by atoms with E-state index in [-0.39, 0.29) is 5.75 Å². The minimum Gasteiger partial charge on any atom is -0.508 e. The molecule has 0 saturated heterocycles. The molecule has 0 saturated carbocycles. The molecule has 0 radical (unpaired) electrons. The Morgan fingerprint density at radius 1 is 1.27 bits per heavy atom. The van der Waals surface area contributed by atoms with Crippen molar-refractivity contribution in [3.05, 3.63) is 35.9 Å². The van der Waals surface area contributed by atoms with Crippen molar-refractivity contribution in [3.63, 3.8) is 0 Å². The fraction of sp³-hybridized carbons (Fsp3) is 0.250. The van der Waals surface area contributed by atoms with Crippen LogP contribution in [0.15, 0.2) is 30.3 Å². The topological polar surface area (TPSA) is 46.5 Å². The number of phenols is 1. The SMILES string of the molecule is CC.COC(=O)/C=C/c1ccc(O)cc1. The summed E-state index contributed by atoms with van der Waals surface area (Å²) in [5.74, 6) is -0.191. The standard InChI is InChI=1S/C10H10O3.C2H6/c1-13-10(12)7-4-8-2-5-9(11)6-3-8;1-2/h2-7,11H,1H3;1-2H3/b7-4+;. The maximum atomic E-state index is 10.7. The second kappa shape index (κ2) is 7.62. The molecular weight excluding hydrogens is 192 g/mol. The highest BCUT2D eigenvalue weighted by molar-refractivity contribution is 5.86. The molecule has 0 aliphatic carbocycles. The Kier molecular flexibility index (Phi) is 6.72. The molecular formula is C12H16O3. The van der Waals surface area contributed by atoms with E-state index in [1.807, 2.05) is 13.8 Å². The van der Waals surface area contributed by atoms with E-state index in [0.29, 0.717) is 0 Å². The van der Waals surface area contributed by atoms with Gasteiger partial charge in [0.2, 0.25) is 0 Å². The van der Waals surface area contributed by atoms with Crippen LogP contribution < -0.4 is 0 Å². The summed E-state index contributed by atoms with van der Waals surface area (Å²) >= 11 is 0. The lowest BCUT2D eigenvalue weighted by atomic mass is 10.2. The van der Waals surface area contributed by atoms with E-state index in [4.69, 9.17) is 5.11 Å². The van der Waals surface area contributed by atoms with E-state index in [9.17, 15) is 4.79 Å². The van der Waals surface area contributed by atoms with Gasteiger partial charge in [-0.3, -0.25) is 0 Å². The van der Waals surface area contributed by atoms with E-state index in [1.54, 1.807) is 30.3 Å². The van der Waals surface area contributed by atoms with E-state index in [1.165, 1.54) is 13.2 Å². The minimum absolute atomic E-state index is 0.204. The molecule has 0 fully saturated rings. The molecule has 0 heterocycles. The molecule has 0 aromatic heterocycles. The van der Waals surface area contributed by atoms with Gasteiger partial charge in [-0.05, 0) is 23.8 Å². The van der Waals surface area contributed by atoms with Crippen LogP contribution in [0, 0.1) is 0 Å². The maximum Gasteiger partial charge on any atom is 0.330 e. The number of carbonyl (C=O) groups is 1. The van der Waals surface area contributed by atoms with Crippen LogP contribution in [-0.2, 0) is 9.53 Å². The Labute approximate surface area is 90.0 Å². The number of benzene rings is 1. The normalized spacial score (nSPS) is 9.27. The Hall–Kier alpha value is -1.77. The van der Waals surface area contributed by atoms with E-state index < -0.39 is 5.97 Å². The van der Waals surface area contributed by atoms with Gasteiger partial charge in [-0.2, -0.15) is 0 Å². The summed E-state index contributed by atoms with van der Waals surface area (Å²) in [4.78, 5) is 10.7. The Morgan fingerprint density at radius 3 is 2.27 bits per heavy atom. The first-order chi connectivity index (χ1) is 7.22. The minimum atomic E-state index is -0.395. The van der Waals surface area contributed by atoms with Crippen LogP contribution in [0.2, 0.25) is 0 Å². The highest BCUT2D eigenvalue weighted by Gasteiger charge is 1.91. The van der Waals surface area contributed by atoms with E-state index >= 15 is 0 Å². The summed E-state index contributed by atoms with van der Waals surface area (Å²) in [6, 6.07) is 6.51. The van der Waals surface area contributed by atoms with Crippen molar-refractivity contribution in [1.29, 1.82) is 0 Å². The number of rotatable bonds is 2. The third-order valence-corrected chi connectivity index (χ3v) is 1.51. The van der Waals surface area contributed by atoms with E-state index in [2.05, 4.69) is 4.74 Å². The summed E-state index contributed by atoms with van der Waals surface area (Å²) < 4.78 is 4.42. The van der Waals surface area contributed by atoms with Crippen LogP contribution in [0.1, 0.15) is 19.4 Å². The maximum absolute atomic E-state index is 10.7. The Bertz CT molecular complexity index is 312. The lowest BCUT2D eigenvalue weighted by Gasteiger charge is -1.93. The molecule has 3 heteroatoms. The predicted octanol–water partition coefficient (Wildman–Crippen LogP) is 2.60. The van der Waals surface area contributed by atoms with Crippen LogP contribution in [-0.4, -0.2) is 18.2 Å². The van der Waals surface area contributed by atoms with Gasteiger partial charge in [-0.15, -0.1) is 0 Å². The van der Waals surface area contributed by atoms with Gasteiger partial charge in [0.25, 0.3) is 0 Å². The highest BCUT2D eigenvalue weighted by Crippen LogP contribution is 2.10. The van der Waals surface area contributed by atoms with Gasteiger partial charge in [-0.25, -0.2) is 4.79 Å². The van der Waals surface area contributed by atoms with Gasteiger partial charge in [-0.1, -0.05) is 26.0 Å². The highest BCUT2D eigenvalue weighted by atomic mass is 16.5. The number of hydrogen-bond acceptors (Lipinski definition) is 3. The van der Waals surface area contributed by atoms with Crippen molar-refractivity contribution in [2.45, 2.75) is 13.8 Å². The molecule has 0 aliphatic heterocycles. The molecule has 0 atom stereocenters. The van der Waals surface area contributed by atoms with Gasteiger partial charge in [0.15, 0.2) is 0 Å². The third-order valence-electron chi connectivity index (χ3n) is 1.51. The lowest BCUT2D eigenvalue weighted by molar-refractivity contribution is -0.134. The number of aromatic hydroxyl groups is 1. The van der Waals surface area contributed by atoms with Crippen LogP contribution in [0.5, 0.6) is 5.75 Å². The second-order valence-corrected chi connectivity index (χ2v) is 2.45. The fourth-order valence-corrected chi connectivity index (χ4v) is 0.818. The number of phenolic OH excluding ortho intramolecular Hbond substituents is 1. The van der Waals surface area contributed by atoms with Crippen LogP contribution in [0.3, 0.4) is 0 Å². The zero-order valence-corrected chi connectivity index (χ0v) is 9.23. The van der Waals surface area contributed by atoms with Crippen molar-refractivity contribution in [3.8, 4) is 5.75 Å². The van der Waals surface area contributed by atoms with Crippen molar-refractivity contribution >= 4 is 12.0 Å². The molecule has 82 valence electrons. The first kappa shape index (κ1) is 13.2. The zero-order chi connectivity index (χ0) is 11.7. The average molecular weight is 208 g/mol. The van der Waals surface area contributed by atoms with Crippen molar-refractivity contribution in [1.82, 2.24) is 0 Å². The molecule has 0 aliphatic rings. The Morgan fingerprint density at radius 2 is 1.80 bits per heavy atom. The molecule has 0 spiro atoms. The number of hydrogen-bond donors (Lipinski definition) is 1. The van der Waals surface area contributed by atoms with Gasteiger partial charge in [0, 0.05) is 6.08 Å². The number of carbonyl (C=O) groups excluding carboxylic acids is 1. The first-order valence-electron chi connectivity index (χ1n) is 4.77. The summed E-state index contributed by atoms with van der Waals surface area (Å²) in [5.41, 5.74) is 0.836. The van der Waals surface area contributed by atoms with Gasteiger partial charge >= 0.3 is 5.97 Å². The largest absolute Gasteiger partial charge is 0.508 e. The fourth-order valence-electron chi connectivity index (χ4n) is 0.818. The monoisotopic (exact) mass is 208 g/mol. The molecule has 1 aromatic carbocycles. The summed E-state index contributed by atoms with van der Waals surface area (Å²) in [7, 11) is 1.32.